The van der Waals surface area contributed by atoms with Crippen LogP contribution in [-0.4, -0.2) is 20.0 Å². The lowest BCUT2D eigenvalue weighted by Gasteiger charge is -2.06. The van der Waals surface area contributed by atoms with Crippen molar-refractivity contribution in [2.24, 2.45) is 12.0 Å². The fourth-order valence-corrected chi connectivity index (χ4v) is 3.40. The Labute approximate surface area is 160 Å². The number of nitrogens with zero attached hydrogens (tertiary/aromatic N) is 3. The molecule has 0 radical (unpaired) electrons. The second-order valence-corrected chi connectivity index (χ2v) is 7.10. The third-order valence-corrected chi connectivity index (χ3v) is 4.93. The van der Waals surface area contributed by atoms with Gasteiger partial charge in [-0.1, -0.05) is 29.3 Å². The highest BCUT2D eigenvalue weighted by atomic mass is 35.5. The number of H-pyrrole nitrogens is 1. The highest BCUT2D eigenvalue weighted by Crippen LogP contribution is 2.21. The van der Waals surface area contributed by atoms with Gasteiger partial charge < -0.3 is 9.13 Å². The van der Waals surface area contributed by atoms with Gasteiger partial charge in [-0.3, -0.25) is 14.6 Å². The quantitative estimate of drug-likeness (QED) is 0.715. The summed E-state index contributed by atoms with van der Waals surface area (Å²) in [6, 6.07) is 5.15. The smallest absolute Gasteiger partial charge is 0.319 e. The van der Waals surface area contributed by atoms with E-state index in [1.54, 1.807) is 34.3 Å². The Morgan fingerprint density at radius 3 is 2.81 bits per heavy atom. The van der Waals surface area contributed by atoms with Crippen molar-refractivity contribution in [3.05, 3.63) is 82.8 Å². The molecule has 0 unspecified atom stereocenters. The number of rotatable bonds is 3. The lowest BCUT2D eigenvalue weighted by atomic mass is 10.2. The summed E-state index contributed by atoms with van der Waals surface area (Å²) >= 11 is 13.3. The molecule has 0 aliphatic rings. The predicted molar refractivity (Wildman–Crippen MR) is 100 cm³/mol. The molecule has 0 saturated heterocycles. The van der Waals surface area contributed by atoms with Gasteiger partial charge in [0.05, 0.1) is 6.54 Å². The fourth-order valence-electron chi connectivity index (χ4n) is 2.20. The van der Waals surface area contributed by atoms with Crippen LogP contribution in [0, 0.1) is 0 Å². The minimum absolute atomic E-state index is 0.212. The fraction of sp³-hybridized carbons (Fsp3) is 0.125. The van der Waals surface area contributed by atoms with E-state index < -0.39 is 17.2 Å². The van der Waals surface area contributed by atoms with Gasteiger partial charge in [-0.15, -0.1) is 11.3 Å². The van der Waals surface area contributed by atoms with Crippen LogP contribution in [0.1, 0.15) is 15.9 Å². The van der Waals surface area contributed by atoms with E-state index in [4.69, 9.17) is 23.2 Å². The summed E-state index contributed by atoms with van der Waals surface area (Å²) < 4.78 is 2.84. The summed E-state index contributed by atoms with van der Waals surface area (Å²) in [4.78, 5) is 42.1. The highest BCUT2D eigenvalue weighted by Gasteiger charge is 2.12. The SMILES string of the molecule is Cn1cc(C(=O)N=c2sccn2Cc2ccc(Cl)cc2Cl)c(=O)[nH]c1=O. The van der Waals surface area contributed by atoms with Crippen LogP contribution in [0.4, 0.5) is 0 Å². The zero-order valence-corrected chi connectivity index (χ0v) is 15.7. The third-order valence-electron chi connectivity index (χ3n) is 3.55. The summed E-state index contributed by atoms with van der Waals surface area (Å²) in [6.07, 6.45) is 2.92. The topological polar surface area (TPSA) is 89.2 Å². The number of aryl methyl sites for hydroxylation is 1. The molecule has 0 aliphatic heterocycles. The minimum atomic E-state index is -0.772. The average Bonchev–Trinajstić information content (AvgIpc) is 3.00. The molecule has 26 heavy (non-hydrogen) atoms. The van der Waals surface area contributed by atoms with Crippen LogP contribution in [-0.2, 0) is 13.6 Å². The molecular formula is C16H12Cl2N4O3S. The maximum atomic E-state index is 12.4. The first kappa shape index (κ1) is 18.4. The Morgan fingerprint density at radius 1 is 1.31 bits per heavy atom. The van der Waals surface area contributed by atoms with Crippen LogP contribution in [0.2, 0.25) is 10.0 Å². The first-order valence-electron chi connectivity index (χ1n) is 7.32. The first-order valence-corrected chi connectivity index (χ1v) is 8.95. The Bertz CT molecular complexity index is 1170. The van der Waals surface area contributed by atoms with Crippen molar-refractivity contribution in [3.8, 4) is 0 Å². The number of halogens is 2. The number of amides is 1. The van der Waals surface area contributed by atoms with Gasteiger partial charge in [-0.05, 0) is 17.7 Å². The van der Waals surface area contributed by atoms with Gasteiger partial charge in [-0.25, -0.2) is 4.79 Å². The molecule has 1 N–H and O–H groups in total. The molecule has 2 heterocycles. The Hall–Kier alpha value is -2.42. The van der Waals surface area contributed by atoms with Crippen molar-refractivity contribution >= 4 is 40.4 Å². The molecule has 3 rings (SSSR count). The van der Waals surface area contributed by atoms with Gasteiger partial charge in [0.25, 0.3) is 11.5 Å². The van der Waals surface area contributed by atoms with Crippen LogP contribution in [0.3, 0.4) is 0 Å². The standard InChI is InChI=1S/C16H12Cl2N4O3S/c1-21-8-11(13(23)19-15(21)25)14(24)20-16-22(4-5-26-16)7-9-2-3-10(17)6-12(9)18/h2-6,8H,7H2,1H3,(H,19,23,25). The van der Waals surface area contributed by atoms with Crippen molar-refractivity contribution in [2.45, 2.75) is 6.54 Å². The molecule has 0 saturated carbocycles. The lowest BCUT2D eigenvalue weighted by Crippen LogP contribution is -2.32. The zero-order chi connectivity index (χ0) is 18.8. The molecule has 0 atom stereocenters. The number of hydrogen-bond donors (Lipinski definition) is 1. The largest absolute Gasteiger partial charge is 0.328 e. The summed E-state index contributed by atoms with van der Waals surface area (Å²) in [5, 5.41) is 2.80. The Morgan fingerprint density at radius 2 is 2.08 bits per heavy atom. The molecule has 0 fully saturated rings. The molecule has 134 valence electrons. The number of benzene rings is 1. The van der Waals surface area contributed by atoms with Crippen LogP contribution in [0.15, 0.2) is 50.6 Å². The van der Waals surface area contributed by atoms with Gasteiger partial charge in [0.2, 0.25) is 0 Å². The molecular weight excluding hydrogens is 399 g/mol. The molecule has 3 aromatic rings. The van der Waals surface area contributed by atoms with E-state index in [9.17, 15) is 14.4 Å². The number of thiazole rings is 1. The van der Waals surface area contributed by atoms with Crippen LogP contribution in [0.25, 0.3) is 0 Å². The highest BCUT2D eigenvalue weighted by molar-refractivity contribution is 7.07. The molecule has 1 aromatic carbocycles. The van der Waals surface area contributed by atoms with Gasteiger partial charge in [0, 0.05) is 34.9 Å². The average molecular weight is 411 g/mol. The van der Waals surface area contributed by atoms with Crippen molar-refractivity contribution < 1.29 is 4.79 Å². The summed E-state index contributed by atoms with van der Waals surface area (Å²) in [7, 11) is 1.43. The number of aromatic nitrogens is 3. The van der Waals surface area contributed by atoms with E-state index in [0.717, 1.165) is 10.1 Å². The van der Waals surface area contributed by atoms with Crippen LogP contribution < -0.4 is 16.1 Å². The maximum absolute atomic E-state index is 12.4. The maximum Gasteiger partial charge on any atom is 0.328 e. The van der Waals surface area contributed by atoms with Crippen molar-refractivity contribution in [1.82, 2.24) is 14.1 Å². The molecule has 2 aromatic heterocycles. The monoisotopic (exact) mass is 410 g/mol. The van der Waals surface area contributed by atoms with Crippen molar-refractivity contribution in [2.75, 3.05) is 0 Å². The predicted octanol–water partition coefficient (Wildman–Crippen LogP) is 2.03. The van der Waals surface area contributed by atoms with E-state index >= 15 is 0 Å². The molecule has 1 amide bonds. The van der Waals surface area contributed by atoms with Gasteiger partial charge >= 0.3 is 5.69 Å². The van der Waals surface area contributed by atoms with E-state index in [0.29, 0.717) is 21.4 Å². The number of aromatic amines is 1. The molecule has 0 aliphatic carbocycles. The number of hydrogen-bond acceptors (Lipinski definition) is 4. The minimum Gasteiger partial charge on any atom is -0.319 e. The second kappa shape index (κ2) is 7.45. The van der Waals surface area contributed by atoms with Crippen LogP contribution >= 0.6 is 34.5 Å². The second-order valence-electron chi connectivity index (χ2n) is 5.38. The van der Waals surface area contributed by atoms with Crippen molar-refractivity contribution in [1.29, 1.82) is 0 Å². The van der Waals surface area contributed by atoms with E-state index in [1.807, 2.05) is 0 Å². The Balaban J connectivity index is 1.97. The Kier molecular flexibility index (Phi) is 5.26. The summed E-state index contributed by atoms with van der Waals surface area (Å²) in [5.74, 6) is -0.736. The molecule has 7 nitrogen and oxygen atoms in total. The van der Waals surface area contributed by atoms with Gasteiger partial charge in [-0.2, -0.15) is 4.99 Å². The van der Waals surface area contributed by atoms with Crippen LogP contribution in [0.5, 0.6) is 0 Å². The van der Waals surface area contributed by atoms with Gasteiger partial charge in [0.1, 0.15) is 5.56 Å². The molecule has 0 spiro atoms. The number of nitrogens with one attached hydrogen (secondary N) is 1. The third kappa shape index (κ3) is 3.87. The van der Waals surface area contributed by atoms with Crippen molar-refractivity contribution in [3.63, 3.8) is 0 Å². The van der Waals surface area contributed by atoms with E-state index in [2.05, 4.69) is 9.98 Å². The summed E-state index contributed by atoms with van der Waals surface area (Å²) in [6.45, 7) is 0.384. The normalized spacial score (nSPS) is 11.7. The summed E-state index contributed by atoms with van der Waals surface area (Å²) in [5.41, 5.74) is -0.777. The molecule has 0 bridgehead atoms. The van der Waals surface area contributed by atoms with E-state index in [1.165, 1.54) is 24.6 Å². The lowest BCUT2D eigenvalue weighted by molar-refractivity contribution is 0.0995. The molecule has 10 heteroatoms. The zero-order valence-electron chi connectivity index (χ0n) is 13.4. The first-order chi connectivity index (χ1) is 12.3. The number of carbonyl (C=O) groups excluding carboxylic acids is 1. The number of carbonyl (C=O) groups is 1. The van der Waals surface area contributed by atoms with E-state index in [-0.39, 0.29) is 5.56 Å². The van der Waals surface area contributed by atoms with Gasteiger partial charge in [0.15, 0.2) is 4.80 Å².